The van der Waals surface area contributed by atoms with E-state index in [1.165, 1.54) is 0 Å². The highest BCUT2D eigenvalue weighted by atomic mass is 35.5. The van der Waals surface area contributed by atoms with E-state index in [9.17, 15) is 4.79 Å². The first kappa shape index (κ1) is 19.4. The van der Waals surface area contributed by atoms with Gasteiger partial charge in [-0.1, -0.05) is 5.16 Å². The highest BCUT2D eigenvalue weighted by molar-refractivity contribution is 5.93. The molecule has 0 aliphatic carbocycles. The molecule has 1 saturated heterocycles. The number of likely N-dealkylation sites (N-methyl/N-ethyl adjacent to an activating group) is 1. The largest absolute Gasteiger partial charge is 0.355 e. The first-order chi connectivity index (χ1) is 10.3. The lowest BCUT2D eigenvalue weighted by Crippen LogP contribution is -2.47. The van der Waals surface area contributed by atoms with Crippen molar-refractivity contribution < 1.29 is 9.32 Å². The molecule has 0 radical (unpaired) electrons. The Labute approximate surface area is 147 Å². The molecule has 3 rings (SSSR count). The molecule has 6 nitrogen and oxygen atoms in total. The van der Waals surface area contributed by atoms with Gasteiger partial charge < -0.3 is 14.7 Å². The van der Waals surface area contributed by atoms with Crippen LogP contribution < -0.4 is 5.32 Å². The number of pyridine rings is 1. The predicted molar refractivity (Wildman–Crippen MR) is 92.2 cm³/mol. The van der Waals surface area contributed by atoms with Crippen molar-refractivity contribution in [1.29, 1.82) is 0 Å². The number of piperidine rings is 1. The van der Waals surface area contributed by atoms with Crippen LogP contribution in [0.4, 0.5) is 0 Å². The number of hydrogen-bond acceptors (Lipinski definition) is 5. The van der Waals surface area contributed by atoms with Gasteiger partial charge in [0.2, 0.25) is 0 Å². The maximum Gasteiger partial charge on any atom is 0.276 e. The molecular weight excluding hydrogens is 339 g/mol. The van der Waals surface area contributed by atoms with Crippen molar-refractivity contribution in [3.63, 3.8) is 0 Å². The van der Waals surface area contributed by atoms with E-state index in [-0.39, 0.29) is 30.7 Å². The Balaban J connectivity index is 0.00000132. The quantitative estimate of drug-likeness (QED) is 0.911. The Morgan fingerprint density at radius 1 is 1.35 bits per heavy atom. The number of hydrogen-bond donors (Lipinski definition) is 1. The summed E-state index contributed by atoms with van der Waals surface area (Å²) in [7, 11) is 1.93. The zero-order valence-electron chi connectivity index (χ0n) is 12.8. The third kappa shape index (κ3) is 4.43. The van der Waals surface area contributed by atoms with E-state index in [1.807, 2.05) is 24.1 Å². The first-order valence-electron chi connectivity index (χ1n) is 7.11. The molecule has 1 fully saturated rings. The van der Waals surface area contributed by atoms with Crippen LogP contribution in [-0.4, -0.2) is 47.1 Å². The second-order valence-electron chi connectivity index (χ2n) is 5.19. The third-order valence-corrected chi connectivity index (χ3v) is 3.81. The van der Waals surface area contributed by atoms with Crippen molar-refractivity contribution in [2.75, 3.05) is 20.1 Å². The zero-order chi connectivity index (χ0) is 14.7. The number of nitrogens with zero attached hydrogens (tertiary/aromatic N) is 3. The normalized spacial score (nSPS) is 17.1. The SMILES string of the molecule is CNC1CCCN(C(=O)c2cc(-c3ccncc3)on2)C1.Cl.Cl. The summed E-state index contributed by atoms with van der Waals surface area (Å²) >= 11 is 0. The minimum atomic E-state index is -0.0704. The minimum Gasteiger partial charge on any atom is -0.355 e. The van der Waals surface area contributed by atoms with E-state index < -0.39 is 0 Å². The second-order valence-corrected chi connectivity index (χ2v) is 5.19. The van der Waals surface area contributed by atoms with Crippen molar-refractivity contribution in [1.82, 2.24) is 20.4 Å². The van der Waals surface area contributed by atoms with E-state index in [1.54, 1.807) is 18.5 Å². The number of carbonyl (C=O) groups is 1. The van der Waals surface area contributed by atoms with Crippen LogP contribution in [0.3, 0.4) is 0 Å². The average Bonchev–Trinajstić information content (AvgIpc) is 3.05. The Kier molecular flexibility index (Phi) is 7.48. The molecule has 1 amide bonds. The molecule has 8 heteroatoms. The van der Waals surface area contributed by atoms with Gasteiger partial charge in [0.25, 0.3) is 5.91 Å². The molecule has 2 aromatic rings. The van der Waals surface area contributed by atoms with Gasteiger partial charge in [-0.05, 0) is 32.0 Å². The van der Waals surface area contributed by atoms with Gasteiger partial charge in [-0.2, -0.15) is 0 Å². The summed E-state index contributed by atoms with van der Waals surface area (Å²) in [5.74, 6) is 0.516. The Hall–Kier alpha value is -1.63. The fraction of sp³-hybridized carbons (Fsp3) is 0.400. The smallest absolute Gasteiger partial charge is 0.276 e. The van der Waals surface area contributed by atoms with E-state index >= 15 is 0 Å². The van der Waals surface area contributed by atoms with Gasteiger partial charge in [-0.3, -0.25) is 9.78 Å². The van der Waals surface area contributed by atoms with Gasteiger partial charge in [0.1, 0.15) is 0 Å². The second kappa shape index (κ2) is 8.86. The molecule has 126 valence electrons. The molecule has 23 heavy (non-hydrogen) atoms. The van der Waals surface area contributed by atoms with Crippen LogP contribution in [0.25, 0.3) is 11.3 Å². The summed E-state index contributed by atoms with van der Waals surface area (Å²) in [6.07, 6.45) is 5.47. The molecule has 2 aromatic heterocycles. The number of halogens is 2. The molecule has 1 atom stereocenters. The zero-order valence-corrected chi connectivity index (χ0v) is 14.4. The van der Waals surface area contributed by atoms with Gasteiger partial charge in [0.15, 0.2) is 11.5 Å². The molecule has 1 N–H and O–H groups in total. The van der Waals surface area contributed by atoms with Gasteiger partial charge in [0.05, 0.1) is 0 Å². The molecule has 1 aliphatic rings. The van der Waals surface area contributed by atoms with Gasteiger partial charge in [-0.25, -0.2) is 0 Å². The van der Waals surface area contributed by atoms with Crippen molar-refractivity contribution in [2.24, 2.45) is 0 Å². The number of carbonyl (C=O) groups excluding carboxylic acids is 1. The lowest BCUT2D eigenvalue weighted by atomic mass is 10.1. The summed E-state index contributed by atoms with van der Waals surface area (Å²) in [6, 6.07) is 5.70. The van der Waals surface area contributed by atoms with E-state index in [0.29, 0.717) is 24.0 Å². The minimum absolute atomic E-state index is 0. The maximum atomic E-state index is 12.5. The Bertz CT molecular complexity index is 621. The maximum absolute atomic E-state index is 12.5. The van der Waals surface area contributed by atoms with Gasteiger partial charge in [0, 0.05) is 43.2 Å². The third-order valence-electron chi connectivity index (χ3n) is 3.81. The lowest BCUT2D eigenvalue weighted by Gasteiger charge is -2.31. The summed E-state index contributed by atoms with van der Waals surface area (Å²) < 4.78 is 5.27. The fourth-order valence-electron chi connectivity index (χ4n) is 2.59. The van der Waals surface area contributed by atoms with Crippen LogP contribution in [0, 0.1) is 0 Å². The van der Waals surface area contributed by atoms with E-state index in [2.05, 4.69) is 15.5 Å². The van der Waals surface area contributed by atoms with Crippen molar-refractivity contribution >= 4 is 30.7 Å². The molecule has 1 unspecified atom stereocenters. The van der Waals surface area contributed by atoms with E-state index in [4.69, 9.17) is 4.52 Å². The fourth-order valence-corrected chi connectivity index (χ4v) is 2.59. The van der Waals surface area contributed by atoms with Crippen LogP contribution in [0.5, 0.6) is 0 Å². The topological polar surface area (TPSA) is 71.3 Å². The van der Waals surface area contributed by atoms with Crippen LogP contribution in [-0.2, 0) is 0 Å². The first-order valence-corrected chi connectivity index (χ1v) is 7.11. The molecule has 0 saturated carbocycles. The van der Waals surface area contributed by atoms with Crippen LogP contribution >= 0.6 is 24.8 Å². The number of rotatable bonds is 3. The summed E-state index contributed by atoms with van der Waals surface area (Å²) in [5, 5.41) is 7.14. The lowest BCUT2D eigenvalue weighted by molar-refractivity contribution is 0.0688. The Morgan fingerprint density at radius 2 is 2.09 bits per heavy atom. The van der Waals surface area contributed by atoms with Crippen molar-refractivity contribution in [3.05, 3.63) is 36.3 Å². The van der Waals surface area contributed by atoms with Crippen molar-refractivity contribution in [2.45, 2.75) is 18.9 Å². The van der Waals surface area contributed by atoms with Gasteiger partial charge in [-0.15, -0.1) is 24.8 Å². The number of aromatic nitrogens is 2. The highest BCUT2D eigenvalue weighted by Gasteiger charge is 2.25. The molecule has 0 spiro atoms. The molecule has 1 aliphatic heterocycles. The number of likely N-dealkylation sites (tertiary alicyclic amines) is 1. The van der Waals surface area contributed by atoms with Crippen LogP contribution in [0.1, 0.15) is 23.3 Å². The predicted octanol–water partition coefficient (Wildman–Crippen LogP) is 2.40. The molecule has 3 heterocycles. The van der Waals surface area contributed by atoms with Crippen LogP contribution in [0.2, 0.25) is 0 Å². The summed E-state index contributed by atoms with van der Waals surface area (Å²) in [6.45, 7) is 1.49. The number of nitrogens with one attached hydrogen (secondary N) is 1. The molecular formula is C15H20Cl2N4O2. The average molecular weight is 359 g/mol. The van der Waals surface area contributed by atoms with Crippen LogP contribution in [0.15, 0.2) is 35.1 Å². The van der Waals surface area contributed by atoms with Crippen molar-refractivity contribution in [3.8, 4) is 11.3 Å². The van der Waals surface area contributed by atoms with E-state index in [0.717, 1.165) is 24.9 Å². The molecule has 0 aromatic carbocycles. The highest BCUT2D eigenvalue weighted by Crippen LogP contribution is 2.21. The Morgan fingerprint density at radius 3 is 2.78 bits per heavy atom. The number of amides is 1. The summed E-state index contributed by atoms with van der Waals surface area (Å²) in [5.41, 5.74) is 1.22. The monoisotopic (exact) mass is 358 g/mol. The standard InChI is InChI=1S/C15H18N4O2.2ClH/c1-16-12-3-2-8-19(10-12)15(20)13-9-14(21-18-13)11-4-6-17-7-5-11;;/h4-7,9,12,16H,2-3,8,10H2,1H3;2*1H. The molecule has 0 bridgehead atoms. The summed E-state index contributed by atoms with van der Waals surface area (Å²) in [4.78, 5) is 18.3. The van der Waals surface area contributed by atoms with Gasteiger partial charge >= 0.3 is 0 Å².